The van der Waals surface area contributed by atoms with Gasteiger partial charge in [-0.05, 0) is 31.2 Å². The molecule has 0 aliphatic carbocycles. The molecule has 0 radical (unpaired) electrons. The summed E-state index contributed by atoms with van der Waals surface area (Å²) in [6, 6.07) is 5.22. The number of likely N-dealkylation sites (tertiary alicyclic amines) is 1. The molecule has 4 heteroatoms. The van der Waals surface area contributed by atoms with E-state index in [2.05, 4.69) is 29.3 Å². The molecule has 0 spiro atoms. The maximum absolute atomic E-state index is 5.96. The van der Waals surface area contributed by atoms with E-state index in [4.69, 9.17) is 10.5 Å². The number of nitrogens with zero attached hydrogens (tertiary/aromatic N) is 1. The van der Waals surface area contributed by atoms with Crippen LogP contribution in [0.3, 0.4) is 0 Å². The zero-order valence-corrected chi connectivity index (χ0v) is 11.5. The number of hydrogen-bond donors (Lipinski definition) is 1. The van der Waals surface area contributed by atoms with Gasteiger partial charge in [-0.25, -0.2) is 0 Å². The predicted molar refractivity (Wildman–Crippen MR) is 72.3 cm³/mol. The van der Waals surface area contributed by atoms with Crippen LogP contribution in [0.4, 0.5) is 0 Å². The van der Waals surface area contributed by atoms with E-state index in [-0.39, 0.29) is 0 Å². The van der Waals surface area contributed by atoms with Gasteiger partial charge in [-0.15, -0.1) is 11.3 Å². The van der Waals surface area contributed by atoms with Crippen LogP contribution in [0.25, 0.3) is 0 Å². The van der Waals surface area contributed by atoms with E-state index in [0.29, 0.717) is 24.7 Å². The smallest absolute Gasteiger partial charge is 0.0598 e. The number of ether oxygens (including phenoxy) is 1. The van der Waals surface area contributed by atoms with Crippen LogP contribution in [0, 0.1) is 0 Å². The molecule has 0 aromatic carbocycles. The van der Waals surface area contributed by atoms with Crippen molar-refractivity contribution in [1.82, 2.24) is 4.90 Å². The van der Waals surface area contributed by atoms with Crippen LogP contribution in [0.15, 0.2) is 17.5 Å². The first-order chi connectivity index (χ1) is 8.26. The van der Waals surface area contributed by atoms with Gasteiger partial charge in [0.2, 0.25) is 0 Å². The second kappa shape index (κ2) is 5.96. The van der Waals surface area contributed by atoms with Crippen molar-refractivity contribution >= 4 is 11.3 Å². The van der Waals surface area contributed by atoms with E-state index >= 15 is 0 Å². The summed E-state index contributed by atoms with van der Waals surface area (Å²) in [7, 11) is 1.81. The van der Waals surface area contributed by atoms with Crippen molar-refractivity contribution in [2.24, 2.45) is 5.73 Å². The van der Waals surface area contributed by atoms with Crippen LogP contribution < -0.4 is 5.73 Å². The van der Waals surface area contributed by atoms with E-state index in [1.807, 2.05) is 7.11 Å². The third kappa shape index (κ3) is 2.88. The molecular formula is C13H22N2OS. The molecule has 2 rings (SSSR count). The fraction of sp³-hybridized carbons (Fsp3) is 0.692. The minimum absolute atomic E-state index is 0.378. The molecule has 1 aromatic rings. The van der Waals surface area contributed by atoms with Gasteiger partial charge in [-0.3, -0.25) is 4.90 Å². The molecule has 3 nitrogen and oxygen atoms in total. The van der Waals surface area contributed by atoms with Crippen LogP contribution >= 0.6 is 11.3 Å². The zero-order valence-electron chi connectivity index (χ0n) is 10.6. The quantitative estimate of drug-likeness (QED) is 0.895. The van der Waals surface area contributed by atoms with Crippen LogP contribution in [-0.2, 0) is 4.74 Å². The van der Waals surface area contributed by atoms with Crippen molar-refractivity contribution in [2.75, 3.05) is 20.2 Å². The Labute approximate surface area is 108 Å². The highest BCUT2D eigenvalue weighted by Crippen LogP contribution is 2.30. The highest BCUT2D eigenvalue weighted by atomic mass is 32.1. The van der Waals surface area contributed by atoms with Crippen molar-refractivity contribution in [3.63, 3.8) is 0 Å². The molecule has 1 aromatic heterocycles. The maximum Gasteiger partial charge on any atom is 0.0598 e. The van der Waals surface area contributed by atoms with Crippen LogP contribution in [0.5, 0.6) is 0 Å². The highest BCUT2D eigenvalue weighted by molar-refractivity contribution is 7.10. The van der Waals surface area contributed by atoms with Crippen molar-refractivity contribution in [2.45, 2.75) is 38.0 Å². The van der Waals surface area contributed by atoms with Crippen LogP contribution in [0.2, 0.25) is 0 Å². The normalized spacial score (nSPS) is 28.2. The topological polar surface area (TPSA) is 38.5 Å². The third-order valence-electron chi connectivity index (χ3n) is 3.71. The van der Waals surface area contributed by atoms with Gasteiger partial charge >= 0.3 is 0 Å². The van der Waals surface area contributed by atoms with Gasteiger partial charge in [-0.1, -0.05) is 6.07 Å². The summed E-state index contributed by atoms with van der Waals surface area (Å²) >= 11 is 1.80. The second-order valence-electron chi connectivity index (χ2n) is 4.74. The van der Waals surface area contributed by atoms with E-state index in [1.165, 1.54) is 4.88 Å². The lowest BCUT2D eigenvalue weighted by Crippen LogP contribution is -2.46. The van der Waals surface area contributed by atoms with E-state index in [0.717, 1.165) is 19.4 Å². The van der Waals surface area contributed by atoms with Gasteiger partial charge in [0, 0.05) is 31.1 Å². The van der Waals surface area contributed by atoms with Crippen LogP contribution in [-0.4, -0.2) is 37.2 Å². The molecule has 2 N–H and O–H groups in total. The summed E-state index contributed by atoms with van der Waals surface area (Å²) < 4.78 is 5.46. The molecule has 1 aliphatic rings. The molecule has 1 aliphatic heterocycles. The number of methoxy groups -OCH3 is 1. The van der Waals surface area contributed by atoms with E-state index in [9.17, 15) is 0 Å². The molecular weight excluding hydrogens is 232 g/mol. The highest BCUT2D eigenvalue weighted by Gasteiger charge is 2.30. The molecule has 1 fully saturated rings. The lowest BCUT2D eigenvalue weighted by atomic mass is 9.98. The first-order valence-electron chi connectivity index (χ1n) is 6.28. The summed E-state index contributed by atoms with van der Waals surface area (Å²) in [5.41, 5.74) is 5.96. The summed E-state index contributed by atoms with van der Waals surface area (Å²) in [6.07, 6.45) is 2.64. The van der Waals surface area contributed by atoms with Crippen LogP contribution in [0.1, 0.15) is 30.7 Å². The number of nitrogens with two attached hydrogens (primary N) is 1. The Morgan fingerprint density at radius 2 is 2.47 bits per heavy atom. The van der Waals surface area contributed by atoms with Gasteiger partial charge in [0.25, 0.3) is 0 Å². The standard InChI is InChI=1S/C13H22N2OS/c1-10-8-11(16-2)5-6-15(10)12(9-14)13-4-3-7-17-13/h3-4,7,10-12H,5-6,8-9,14H2,1-2H3. The molecule has 0 amide bonds. The van der Waals surface area contributed by atoms with Crippen molar-refractivity contribution in [1.29, 1.82) is 0 Å². The number of piperidine rings is 1. The Kier molecular flexibility index (Phi) is 4.56. The summed E-state index contributed by atoms with van der Waals surface area (Å²) in [5.74, 6) is 0. The molecule has 3 atom stereocenters. The summed E-state index contributed by atoms with van der Waals surface area (Å²) in [5, 5.41) is 2.13. The fourth-order valence-corrected chi connectivity index (χ4v) is 3.58. The minimum atomic E-state index is 0.378. The first-order valence-corrected chi connectivity index (χ1v) is 7.16. The second-order valence-corrected chi connectivity index (χ2v) is 5.72. The average molecular weight is 254 g/mol. The number of thiophene rings is 1. The average Bonchev–Trinajstić information content (AvgIpc) is 2.85. The van der Waals surface area contributed by atoms with Gasteiger partial charge in [0.05, 0.1) is 12.1 Å². The largest absolute Gasteiger partial charge is 0.381 e. The molecule has 0 saturated carbocycles. The van der Waals surface area contributed by atoms with Crippen molar-refractivity contribution in [3.8, 4) is 0 Å². The number of hydrogen-bond acceptors (Lipinski definition) is 4. The minimum Gasteiger partial charge on any atom is -0.381 e. The molecule has 3 unspecified atom stereocenters. The summed E-state index contributed by atoms with van der Waals surface area (Å²) in [6.45, 7) is 4.06. The van der Waals surface area contributed by atoms with Gasteiger partial charge < -0.3 is 10.5 Å². The monoisotopic (exact) mass is 254 g/mol. The maximum atomic E-state index is 5.96. The van der Waals surface area contributed by atoms with E-state index < -0.39 is 0 Å². The SMILES string of the molecule is COC1CCN(C(CN)c2cccs2)C(C)C1. The Morgan fingerprint density at radius 3 is 3.00 bits per heavy atom. The van der Waals surface area contributed by atoms with E-state index in [1.54, 1.807) is 11.3 Å². The van der Waals surface area contributed by atoms with Gasteiger partial charge in [0.1, 0.15) is 0 Å². The first kappa shape index (κ1) is 13.0. The third-order valence-corrected chi connectivity index (χ3v) is 4.68. The predicted octanol–water partition coefficient (Wildman–Crippen LogP) is 2.25. The molecule has 2 heterocycles. The fourth-order valence-electron chi connectivity index (χ4n) is 2.72. The summed E-state index contributed by atoms with van der Waals surface area (Å²) in [4.78, 5) is 3.91. The Balaban J connectivity index is 2.06. The van der Waals surface area contributed by atoms with Gasteiger partial charge in [0.15, 0.2) is 0 Å². The Bertz CT molecular complexity index is 328. The zero-order chi connectivity index (χ0) is 12.3. The Morgan fingerprint density at radius 1 is 1.65 bits per heavy atom. The number of rotatable bonds is 4. The molecule has 17 heavy (non-hydrogen) atoms. The molecule has 1 saturated heterocycles. The van der Waals surface area contributed by atoms with Gasteiger partial charge in [-0.2, -0.15) is 0 Å². The lowest BCUT2D eigenvalue weighted by molar-refractivity contribution is 0.000180. The van der Waals surface area contributed by atoms with Crippen molar-refractivity contribution < 1.29 is 4.74 Å². The molecule has 96 valence electrons. The lowest BCUT2D eigenvalue weighted by Gasteiger charge is -2.41. The molecule has 0 bridgehead atoms. The Hall–Kier alpha value is -0.420. The van der Waals surface area contributed by atoms with Crippen molar-refractivity contribution in [3.05, 3.63) is 22.4 Å².